The van der Waals surface area contributed by atoms with Gasteiger partial charge in [0, 0.05) is 10.5 Å². The average molecular weight is 346 g/mol. The highest BCUT2D eigenvalue weighted by Crippen LogP contribution is 2.37. The summed E-state index contributed by atoms with van der Waals surface area (Å²) in [7, 11) is 0. The predicted molar refractivity (Wildman–Crippen MR) is 76.1 cm³/mol. The van der Waals surface area contributed by atoms with Gasteiger partial charge in [-0.15, -0.1) is 0 Å². The molecule has 2 aromatic carbocycles. The minimum Gasteiger partial charge on any atom is -0.455 e. The lowest BCUT2D eigenvalue weighted by Crippen LogP contribution is -1.91. The smallest absolute Gasteiger partial charge is 0.153 e. The zero-order chi connectivity index (χ0) is 13.1. The minimum absolute atomic E-state index is 0.402. The maximum atomic E-state index is 10.9. The SMILES string of the molecule is O=Cc1ccccc1Oc1cc(Cl)c(Br)cc1Cl. The summed E-state index contributed by atoms with van der Waals surface area (Å²) in [5.41, 5.74) is 0.451. The molecule has 0 unspecified atom stereocenters. The van der Waals surface area contributed by atoms with Crippen molar-refractivity contribution in [2.75, 3.05) is 0 Å². The maximum Gasteiger partial charge on any atom is 0.153 e. The van der Waals surface area contributed by atoms with E-state index in [1.807, 2.05) is 0 Å². The summed E-state index contributed by atoms with van der Waals surface area (Å²) in [6.45, 7) is 0. The third-order valence-corrected chi connectivity index (χ3v) is 3.73. The van der Waals surface area contributed by atoms with Crippen LogP contribution < -0.4 is 4.74 Å². The molecule has 0 heterocycles. The van der Waals surface area contributed by atoms with Crippen molar-refractivity contribution in [1.82, 2.24) is 0 Å². The van der Waals surface area contributed by atoms with Gasteiger partial charge in [-0.3, -0.25) is 4.79 Å². The molecule has 0 saturated carbocycles. The van der Waals surface area contributed by atoms with E-state index in [0.717, 1.165) is 6.29 Å². The first-order valence-corrected chi connectivity index (χ1v) is 6.53. The van der Waals surface area contributed by atoms with Crippen LogP contribution in [0.1, 0.15) is 10.4 Å². The molecule has 92 valence electrons. The second-order valence-corrected chi connectivity index (χ2v) is 5.12. The molecular weight excluding hydrogens is 339 g/mol. The molecule has 0 bridgehead atoms. The summed E-state index contributed by atoms with van der Waals surface area (Å²) in [5, 5.41) is 0.893. The lowest BCUT2D eigenvalue weighted by Gasteiger charge is -2.10. The highest BCUT2D eigenvalue weighted by atomic mass is 79.9. The zero-order valence-corrected chi connectivity index (χ0v) is 12.1. The van der Waals surface area contributed by atoms with Crippen molar-refractivity contribution in [1.29, 1.82) is 0 Å². The van der Waals surface area contributed by atoms with Crippen molar-refractivity contribution in [3.05, 3.63) is 56.5 Å². The van der Waals surface area contributed by atoms with E-state index in [-0.39, 0.29) is 0 Å². The van der Waals surface area contributed by atoms with Gasteiger partial charge in [0.05, 0.1) is 15.6 Å². The van der Waals surface area contributed by atoms with Crippen molar-refractivity contribution >= 4 is 45.4 Å². The van der Waals surface area contributed by atoms with Crippen LogP contribution in [0.25, 0.3) is 0 Å². The Morgan fingerprint density at radius 2 is 1.78 bits per heavy atom. The molecule has 0 atom stereocenters. The molecule has 0 fully saturated rings. The van der Waals surface area contributed by atoms with Gasteiger partial charge in [-0.25, -0.2) is 0 Å². The Morgan fingerprint density at radius 3 is 2.50 bits per heavy atom. The van der Waals surface area contributed by atoms with Gasteiger partial charge in [0.1, 0.15) is 11.5 Å². The van der Waals surface area contributed by atoms with E-state index in [0.29, 0.717) is 31.6 Å². The maximum absolute atomic E-state index is 10.9. The number of hydrogen-bond donors (Lipinski definition) is 0. The number of para-hydroxylation sites is 1. The molecule has 0 amide bonds. The van der Waals surface area contributed by atoms with Crippen LogP contribution in [-0.2, 0) is 0 Å². The highest BCUT2D eigenvalue weighted by Gasteiger charge is 2.09. The van der Waals surface area contributed by atoms with Crippen molar-refractivity contribution in [3.63, 3.8) is 0 Å². The van der Waals surface area contributed by atoms with Crippen LogP contribution in [0.4, 0.5) is 0 Å². The number of benzene rings is 2. The molecule has 5 heteroatoms. The van der Waals surface area contributed by atoms with E-state index in [1.165, 1.54) is 0 Å². The Labute approximate surface area is 123 Å². The van der Waals surface area contributed by atoms with Crippen LogP contribution in [0.3, 0.4) is 0 Å². The van der Waals surface area contributed by atoms with E-state index in [2.05, 4.69) is 15.9 Å². The average Bonchev–Trinajstić information content (AvgIpc) is 2.36. The molecular formula is C13H7BrCl2O2. The molecule has 0 spiro atoms. The second-order valence-electron chi connectivity index (χ2n) is 3.45. The predicted octanol–water partition coefficient (Wildman–Crippen LogP) is 5.36. The Balaban J connectivity index is 2.40. The van der Waals surface area contributed by atoms with Crippen LogP contribution in [0.2, 0.25) is 10.0 Å². The first-order chi connectivity index (χ1) is 8.61. The molecule has 0 saturated heterocycles. The number of carbonyl (C=O) groups is 1. The summed E-state index contributed by atoms with van der Waals surface area (Å²) in [6.07, 6.45) is 0.726. The van der Waals surface area contributed by atoms with Crippen molar-refractivity contribution in [2.45, 2.75) is 0 Å². The fraction of sp³-hybridized carbons (Fsp3) is 0. The zero-order valence-electron chi connectivity index (χ0n) is 8.99. The van der Waals surface area contributed by atoms with Crippen LogP contribution in [0.5, 0.6) is 11.5 Å². The molecule has 0 aromatic heterocycles. The fourth-order valence-corrected chi connectivity index (χ4v) is 2.20. The van der Waals surface area contributed by atoms with Crippen molar-refractivity contribution in [3.8, 4) is 11.5 Å². The summed E-state index contributed by atoms with van der Waals surface area (Å²) in [6, 6.07) is 10.1. The Hall–Kier alpha value is -1.03. The fourth-order valence-electron chi connectivity index (χ4n) is 1.37. The molecule has 2 aromatic rings. The topological polar surface area (TPSA) is 26.3 Å². The minimum atomic E-state index is 0.402. The number of hydrogen-bond acceptors (Lipinski definition) is 2. The van der Waals surface area contributed by atoms with E-state index < -0.39 is 0 Å². The third kappa shape index (κ3) is 2.86. The summed E-state index contributed by atoms with van der Waals surface area (Å²) in [4.78, 5) is 10.9. The number of carbonyl (C=O) groups excluding carboxylic acids is 1. The van der Waals surface area contributed by atoms with Crippen LogP contribution in [-0.4, -0.2) is 6.29 Å². The highest BCUT2D eigenvalue weighted by molar-refractivity contribution is 9.10. The van der Waals surface area contributed by atoms with Crippen molar-refractivity contribution in [2.24, 2.45) is 0 Å². The summed E-state index contributed by atoms with van der Waals surface area (Å²) in [5.74, 6) is 0.840. The molecule has 2 nitrogen and oxygen atoms in total. The normalized spacial score (nSPS) is 10.2. The number of ether oxygens (including phenoxy) is 1. The van der Waals surface area contributed by atoms with Gasteiger partial charge in [0.15, 0.2) is 6.29 Å². The van der Waals surface area contributed by atoms with E-state index in [4.69, 9.17) is 27.9 Å². The van der Waals surface area contributed by atoms with E-state index >= 15 is 0 Å². The standard InChI is InChI=1S/C13H7BrCl2O2/c14-9-5-11(16)13(6-10(9)15)18-12-4-2-1-3-8(12)7-17/h1-7H. The Morgan fingerprint density at radius 1 is 1.06 bits per heavy atom. The summed E-state index contributed by atoms with van der Waals surface area (Å²) >= 11 is 15.3. The second kappa shape index (κ2) is 5.74. The lowest BCUT2D eigenvalue weighted by atomic mass is 10.2. The first kappa shape index (κ1) is 13.4. The molecule has 2 rings (SSSR count). The molecule has 0 radical (unpaired) electrons. The summed E-state index contributed by atoms with van der Waals surface area (Å²) < 4.78 is 6.28. The van der Waals surface area contributed by atoms with Gasteiger partial charge in [0.2, 0.25) is 0 Å². The monoisotopic (exact) mass is 344 g/mol. The van der Waals surface area contributed by atoms with Gasteiger partial charge in [-0.1, -0.05) is 35.3 Å². The van der Waals surface area contributed by atoms with E-state index in [9.17, 15) is 4.79 Å². The largest absolute Gasteiger partial charge is 0.455 e. The molecule has 0 aliphatic rings. The van der Waals surface area contributed by atoms with Crippen LogP contribution >= 0.6 is 39.1 Å². The molecule has 0 aliphatic carbocycles. The van der Waals surface area contributed by atoms with Gasteiger partial charge in [-0.2, -0.15) is 0 Å². The van der Waals surface area contributed by atoms with Gasteiger partial charge >= 0.3 is 0 Å². The molecule has 0 aliphatic heterocycles. The number of aldehydes is 1. The lowest BCUT2D eigenvalue weighted by molar-refractivity contribution is 0.112. The van der Waals surface area contributed by atoms with Crippen LogP contribution in [0.15, 0.2) is 40.9 Å². The Kier molecular flexibility index (Phi) is 4.27. The number of halogens is 3. The van der Waals surface area contributed by atoms with Gasteiger partial charge in [-0.05, 0) is 34.1 Å². The van der Waals surface area contributed by atoms with Gasteiger partial charge in [0.25, 0.3) is 0 Å². The van der Waals surface area contributed by atoms with E-state index in [1.54, 1.807) is 36.4 Å². The first-order valence-electron chi connectivity index (χ1n) is 4.98. The quantitative estimate of drug-likeness (QED) is 0.552. The molecule has 18 heavy (non-hydrogen) atoms. The Bertz CT molecular complexity index is 600. The van der Waals surface area contributed by atoms with Crippen molar-refractivity contribution < 1.29 is 9.53 Å². The number of rotatable bonds is 3. The third-order valence-electron chi connectivity index (χ3n) is 2.24. The van der Waals surface area contributed by atoms with Crippen LogP contribution in [0, 0.1) is 0 Å². The molecule has 0 N–H and O–H groups in total. The van der Waals surface area contributed by atoms with Gasteiger partial charge < -0.3 is 4.74 Å².